The van der Waals surface area contributed by atoms with E-state index < -0.39 is 0 Å². The molecule has 0 atom stereocenters. The molecule has 21 heavy (non-hydrogen) atoms. The lowest BCUT2D eigenvalue weighted by molar-refractivity contribution is 0.224. The third-order valence-corrected chi connectivity index (χ3v) is 3.99. The van der Waals surface area contributed by atoms with E-state index in [4.69, 9.17) is 0 Å². The Morgan fingerprint density at radius 2 is 1.86 bits per heavy atom. The summed E-state index contributed by atoms with van der Waals surface area (Å²) in [6.07, 6.45) is 8.78. The third-order valence-electron chi connectivity index (χ3n) is 3.99. The lowest BCUT2D eigenvalue weighted by Gasteiger charge is -2.25. The first-order valence-corrected chi connectivity index (χ1v) is 7.74. The molecule has 0 unspecified atom stereocenters. The van der Waals surface area contributed by atoms with Crippen molar-refractivity contribution in [2.75, 3.05) is 45.8 Å². The quantitative estimate of drug-likeness (QED) is 0.846. The lowest BCUT2D eigenvalue weighted by atomic mass is 10.2. The average Bonchev–Trinajstić information content (AvgIpc) is 3.16. The first-order chi connectivity index (χ1) is 10.4. The molecule has 0 aliphatic carbocycles. The molecule has 1 saturated heterocycles. The fourth-order valence-electron chi connectivity index (χ4n) is 2.78. The maximum Gasteiger partial charge on any atom is 0.120 e. The Hall–Kier alpha value is -1.50. The second-order valence-electron chi connectivity index (χ2n) is 5.62. The number of allylic oxidation sites excluding steroid dienone is 1. The number of nitrogens with zero attached hydrogens (tertiary/aromatic N) is 4. The van der Waals surface area contributed by atoms with E-state index in [1.54, 1.807) is 0 Å². The first-order valence-electron chi connectivity index (χ1n) is 7.74. The molecule has 6 heteroatoms. The Labute approximate surface area is 126 Å². The molecular formula is C15H24N6. The van der Waals surface area contributed by atoms with Crippen molar-refractivity contribution >= 4 is 5.71 Å². The maximum atomic E-state index is 4.43. The summed E-state index contributed by atoms with van der Waals surface area (Å²) in [4.78, 5) is 16.9. The molecule has 1 aromatic rings. The van der Waals surface area contributed by atoms with E-state index in [0.29, 0.717) is 0 Å². The van der Waals surface area contributed by atoms with Crippen molar-refractivity contribution in [1.82, 2.24) is 25.1 Å². The highest BCUT2D eigenvalue weighted by Gasteiger charge is 2.15. The van der Waals surface area contributed by atoms with Crippen LogP contribution in [0.1, 0.15) is 12.2 Å². The molecular weight excluding hydrogens is 264 g/mol. The summed E-state index contributed by atoms with van der Waals surface area (Å²) in [6.45, 7) is 8.29. The van der Waals surface area contributed by atoms with Gasteiger partial charge in [-0.1, -0.05) is 6.08 Å². The fourth-order valence-corrected chi connectivity index (χ4v) is 2.78. The Bertz CT molecular complexity index is 478. The van der Waals surface area contributed by atoms with E-state index >= 15 is 0 Å². The minimum atomic E-state index is 0.894. The van der Waals surface area contributed by atoms with Crippen molar-refractivity contribution in [2.24, 2.45) is 4.99 Å². The number of aromatic amines is 1. The van der Waals surface area contributed by atoms with Crippen LogP contribution in [0.25, 0.3) is 0 Å². The van der Waals surface area contributed by atoms with Crippen LogP contribution in [0.4, 0.5) is 0 Å². The van der Waals surface area contributed by atoms with Crippen LogP contribution in [-0.2, 0) is 6.54 Å². The number of rotatable bonds is 4. The number of hydrogen-bond acceptors (Lipinski definition) is 5. The van der Waals surface area contributed by atoms with Gasteiger partial charge in [-0.2, -0.15) is 0 Å². The third kappa shape index (κ3) is 4.49. The SMILES string of the molecule is C1=CN=C(CN2CCNCCN(Cc3ncc[nH]3)CC2)C1. The summed E-state index contributed by atoms with van der Waals surface area (Å²) in [5.41, 5.74) is 1.28. The Balaban J connectivity index is 1.53. The van der Waals surface area contributed by atoms with E-state index in [2.05, 4.69) is 36.2 Å². The van der Waals surface area contributed by atoms with Crippen LogP contribution in [0, 0.1) is 0 Å². The number of nitrogens with one attached hydrogen (secondary N) is 2. The first kappa shape index (κ1) is 14.4. The number of aromatic nitrogens is 2. The minimum Gasteiger partial charge on any atom is -0.348 e. The predicted molar refractivity (Wildman–Crippen MR) is 84.4 cm³/mol. The van der Waals surface area contributed by atoms with Crippen molar-refractivity contribution in [2.45, 2.75) is 13.0 Å². The van der Waals surface area contributed by atoms with Gasteiger partial charge in [-0.25, -0.2) is 4.98 Å². The van der Waals surface area contributed by atoms with Gasteiger partial charge in [0.15, 0.2) is 0 Å². The molecule has 1 aromatic heterocycles. The van der Waals surface area contributed by atoms with Crippen molar-refractivity contribution in [3.8, 4) is 0 Å². The van der Waals surface area contributed by atoms with Crippen LogP contribution >= 0.6 is 0 Å². The van der Waals surface area contributed by atoms with Gasteiger partial charge in [0.2, 0.25) is 0 Å². The van der Waals surface area contributed by atoms with E-state index in [0.717, 1.165) is 64.6 Å². The Morgan fingerprint density at radius 1 is 1.05 bits per heavy atom. The zero-order valence-electron chi connectivity index (χ0n) is 12.5. The summed E-state index contributed by atoms with van der Waals surface area (Å²) in [6, 6.07) is 0. The van der Waals surface area contributed by atoms with Gasteiger partial charge in [-0.15, -0.1) is 0 Å². The normalized spacial score (nSPS) is 21.8. The number of H-pyrrole nitrogens is 1. The molecule has 0 amide bonds. The minimum absolute atomic E-state index is 0.894. The summed E-state index contributed by atoms with van der Waals surface area (Å²) < 4.78 is 0. The molecule has 2 aliphatic heterocycles. The average molecular weight is 288 g/mol. The summed E-state index contributed by atoms with van der Waals surface area (Å²) >= 11 is 0. The molecule has 0 radical (unpaired) electrons. The van der Waals surface area contributed by atoms with Gasteiger partial charge in [0.1, 0.15) is 5.82 Å². The topological polar surface area (TPSA) is 59.5 Å². The fraction of sp³-hybridized carbons (Fsp3) is 0.600. The number of imidazole rings is 1. The number of hydrogen-bond donors (Lipinski definition) is 2. The second kappa shape index (κ2) is 7.49. The largest absolute Gasteiger partial charge is 0.348 e. The molecule has 0 spiro atoms. The van der Waals surface area contributed by atoms with Crippen LogP contribution in [-0.4, -0.2) is 71.3 Å². The lowest BCUT2D eigenvalue weighted by Crippen LogP contribution is -2.38. The van der Waals surface area contributed by atoms with E-state index in [-0.39, 0.29) is 0 Å². The van der Waals surface area contributed by atoms with Crippen molar-refractivity contribution < 1.29 is 0 Å². The van der Waals surface area contributed by atoms with Gasteiger partial charge in [-0.3, -0.25) is 14.8 Å². The molecule has 114 valence electrons. The van der Waals surface area contributed by atoms with Crippen molar-refractivity contribution in [3.05, 3.63) is 30.5 Å². The molecule has 3 heterocycles. The Morgan fingerprint density at radius 3 is 2.52 bits per heavy atom. The molecule has 2 N–H and O–H groups in total. The van der Waals surface area contributed by atoms with Crippen molar-refractivity contribution in [1.29, 1.82) is 0 Å². The van der Waals surface area contributed by atoms with Gasteiger partial charge < -0.3 is 10.3 Å². The highest BCUT2D eigenvalue weighted by atomic mass is 15.2. The van der Waals surface area contributed by atoms with E-state index in [1.807, 2.05) is 18.6 Å². The second-order valence-corrected chi connectivity index (χ2v) is 5.62. The van der Waals surface area contributed by atoms with Gasteiger partial charge >= 0.3 is 0 Å². The van der Waals surface area contributed by atoms with Gasteiger partial charge in [-0.05, 0) is 0 Å². The molecule has 6 nitrogen and oxygen atoms in total. The van der Waals surface area contributed by atoms with Crippen LogP contribution in [0.5, 0.6) is 0 Å². The van der Waals surface area contributed by atoms with Crippen LogP contribution < -0.4 is 5.32 Å². The van der Waals surface area contributed by atoms with Crippen molar-refractivity contribution in [3.63, 3.8) is 0 Å². The predicted octanol–water partition coefficient (Wildman–Crippen LogP) is 0.475. The molecule has 2 aliphatic rings. The smallest absolute Gasteiger partial charge is 0.120 e. The molecule has 0 aromatic carbocycles. The summed E-state index contributed by atoms with van der Waals surface area (Å²) in [7, 11) is 0. The van der Waals surface area contributed by atoms with E-state index in [9.17, 15) is 0 Å². The molecule has 0 saturated carbocycles. The monoisotopic (exact) mass is 288 g/mol. The number of aliphatic imine (C=N–C) groups is 1. The zero-order valence-corrected chi connectivity index (χ0v) is 12.5. The summed E-state index contributed by atoms with van der Waals surface area (Å²) in [5.74, 6) is 1.05. The zero-order chi connectivity index (χ0) is 14.3. The van der Waals surface area contributed by atoms with E-state index in [1.165, 1.54) is 5.71 Å². The van der Waals surface area contributed by atoms with Crippen LogP contribution in [0.15, 0.2) is 29.7 Å². The van der Waals surface area contributed by atoms with Crippen LogP contribution in [0.3, 0.4) is 0 Å². The summed E-state index contributed by atoms with van der Waals surface area (Å²) in [5, 5.41) is 3.52. The van der Waals surface area contributed by atoms with Gasteiger partial charge in [0.25, 0.3) is 0 Å². The standard InChI is InChI=1S/C15H24N6/c1-2-14(17-3-1)12-20-8-6-16-7-9-21(11-10-20)13-15-18-4-5-19-15/h1,3-5,16H,2,6-13H2,(H,18,19). The van der Waals surface area contributed by atoms with Crippen LogP contribution in [0.2, 0.25) is 0 Å². The molecule has 0 bridgehead atoms. The van der Waals surface area contributed by atoms with Gasteiger partial charge in [0, 0.05) is 76.5 Å². The molecule has 1 fully saturated rings. The highest BCUT2D eigenvalue weighted by molar-refractivity contribution is 5.89. The highest BCUT2D eigenvalue weighted by Crippen LogP contribution is 2.05. The Kier molecular flexibility index (Phi) is 5.15. The maximum absolute atomic E-state index is 4.43. The molecule has 3 rings (SSSR count). The van der Waals surface area contributed by atoms with Gasteiger partial charge in [0.05, 0.1) is 6.54 Å².